The number of nitrogens with two attached hydrogens (primary N) is 1. The van der Waals surface area contributed by atoms with Gasteiger partial charge in [0, 0.05) is 13.2 Å². The summed E-state index contributed by atoms with van der Waals surface area (Å²) in [5, 5.41) is 11.8. The Labute approximate surface area is 110 Å². The van der Waals surface area contributed by atoms with Crippen molar-refractivity contribution >= 4 is 17.3 Å². The third-order valence-electron chi connectivity index (χ3n) is 3.18. The molecule has 0 bridgehead atoms. The highest BCUT2D eigenvalue weighted by molar-refractivity contribution is 5.90. The molecule has 0 aliphatic carbocycles. The van der Waals surface area contributed by atoms with Crippen LogP contribution in [0.1, 0.15) is 29.6 Å². The maximum absolute atomic E-state index is 13.5. The first-order valence-corrected chi connectivity index (χ1v) is 6.25. The van der Waals surface area contributed by atoms with E-state index in [0.717, 1.165) is 38.0 Å². The van der Waals surface area contributed by atoms with Crippen LogP contribution in [0.25, 0.3) is 0 Å². The number of carbonyl (C=O) groups is 1. The topological polar surface area (TPSA) is 84.6 Å². The normalized spacial score (nSPS) is 18.5. The second-order valence-electron chi connectivity index (χ2n) is 4.57. The maximum Gasteiger partial charge on any atom is 0.338 e. The highest BCUT2D eigenvalue weighted by Gasteiger charge is 2.16. The number of carboxylic acids is 1. The van der Waals surface area contributed by atoms with E-state index in [9.17, 15) is 9.18 Å². The predicted octanol–water partition coefficient (Wildman–Crippen LogP) is 2.09. The van der Waals surface area contributed by atoms with Gasteiger partial charge in [-0.1, -0.05) is 0 Å². The molecule has 1 heterocycles. The molecular weight excluding hydrogens is 251 g/mol. The molecule has 4 N–H and O–H groups in total. The van der Waals surface area contributed by atoms with Crippen molar-refractivity contribution < 1.29 is 19.0 Å². The summed E-state index contributed by atoms with van der Waals surface area (Å²) >= 11 is 0. The molecule has 0 saturated carbocycles. The highest BCUT2D eigenvalue weighted by Crippen LogP contribution is 2.23. The molecule has 0 amide bonds. The molecule has 0 spiro atoms. The van der Waals surface area contributed by atoms with Gasteiger partial charge in [0.2, 0.25) is 0 Å². The standard InChI is InChI=1S/C13H17FN2O3/c14-10-7-12(11(15)6-9(10)13(17)18)16-4-3-8-2-1-5-19-8/h6-8,16H,1-5,15H2,(H,17,18). The van der Waals surface area contributed by atoms with Gasteiger partial charge in [-0.05, 0) is 31.4 Å². The lowest BCUT2D eigenvalue weighted by Crippen LogP contribution is -2.14. The van der Waals surface area contributed by atoms with E-state index in [4.69, 9.17) is 15.6 Å². The predicted molar refractivity (Wildman–Crippen MR) is 69.9 cm³/mol. The van der Waals surface area contributed by atoms with Crippen LogP contribution in [0.2, 0.25) is 0 Å². The van der Waals surface area contributed by atoms with Crippen molar-refractivity contribution in [3.05, 3.63) is 23.5 Å². The summed E-state index contributed by atoms with van der Waals surface area (Å²) in [7, 11) is 0. The van der Waals surface area contributed by atoms with Gasteiger partial charge in [0.15, 0.2) is 0 Å². The number of ether oxygens (including phenoxy) is 1. The number of hydrogen-bond acceptors (Lipinski definition) is 4. The van der Waals surface area contributed by atoms with Gasteiger partial charge in [-0.25, -0.2) is 9.18 Å². The molecule has 1 fully saturated rings. The Kier molecular flexibility index (Phi) is 4.21. The maximum atomic E-state index is 13.5. The van der Waals surface area contributed by atoms with Crippen LogP contribution >= 0.6 is 0 Å². The van der Waals surface area contributed by atoms with Gasteiger partial charge in [-0.15, -0.1) is 0 Å². The molecule has 1 unspecified atom stereocenters. The van der Waals surface area contributed by atoms with Crippen LogP contribution in [0.3, 0.4) is 0 Å². The lowest BCUT2D eigenvalue weighted by atomic mass is 10.1. The smallest absolute Gasteiger partial charge is 0.338 e. The van der Waals surface area contributed by atoms with Gasteiger partial charge in [-0.2, -0.15) is 0 Å². The van der Waals surface area contributed by atoms with Gasteiger partial charge < -0.3 is 20.9 Å². The Bertz CT molecular complexity index is 473. The summed E-state index contributed by atoms with van der Waals surface area (Å²) < 4.78 is 19.0. The zero-order valence-electron chi connectivity index (χ0n) is 10.5. The SMILES string of the molecule is Nc1cc(C(=O)O)c(F)cc1NCCC1CCCO1. The molecule has 0 radical (unpaired) electrons. The van der Waals surface area contributed by atoms with Crippen LogP contribution in [0, 0.1) is 5.82 Å². The number of benzene rings is 1. The number of anilines is 2. The van der Waals surface area contributed by atoms with Crippen LogP contribution < -0.4 is 11.1 Å². The highest BCUT2D eigenvalue weighted by atomic mass is 19.1. The van der Waals surface area contributed by atoms with Crippen molar-refractivity contribution in [3.63, 3.8) is 0 Å². The molecular formula is C13H17FN2O3. The van der Waals surface area contributed by atoms with Gasteiger partial charge >= 0.3 is 5.97 Å². The molecule has 104 valence electrons. The summed E-state index contributed by atoms with van der Waals surface area (Å²) in [6.45, 7) is 1.41. The molecule has 1 atom stereocenters. The third-order valence-corrected chi connectivity index (χ3v) is 3.18. The first kappa shape index (κ1) is 13.6. The second kappa shape index (κ2) is 5.88. The monoisotopic (exact) mass is 268 g/mol. The molecule has 19 heavy (non-hydrogen) atoms. The zero-order chi connectivity index (χ0) is 13.8. The van der Waals surface area contributed by atoms with Crippen LogP contribution in [0.15, 0.2) is 12.1 Å². The van der Waals surface area contributed by atoms with Gasteiger partial charge in [-0.3, -0.25) is 0 Å². The first-order chi connectivity index (χ1) is 9.08. The Balaban J connectivity index is 1.96. The van der Waals surface area contributed by atoms with Crippen molar-refractivity contribution in [2.24, 2.45) is 0 Å². The minimum Gasteiger partial charge on any atom is -0.478 e. The van der Waals surface area contributed by atoms with E-state index in [0.29, 0.717) is 12.2 Å². The van der Waals surface area contributed by atoms with Gasteiger partial charge in [0.25, 0.3) is 0 Å². The fourth-order valence-corrected chi connectivity index (χ4v) is 2.15. The average molecular weight is 268 g/mol. The lowest BCUT2D eigenvalue weighted by molar-refractivity contribution is 0.0692. The molecule has 1 aliphatic rings. The first-order valence-electron chi connectivity index (χ1n) is 6.25. The van der Waals surface area contributed by atoms with E-state index in [1.54, 1.807) is 0 Å². The molecule has 6 heteroatoms. The zero-order valence-corrected chi connectivity index (χ0v) is 10.5. The molecule has 0 aromatic heterocycles. The van der Waals surface area contributed by atoms with Gasteiger partial charge in [0.1, 0.15) is 5.82 Å². The number of nitrogen functional groups attached to an aromatic ring is 1. The van der Waals surface area contributed by atoms with Crippen molar-refractivity contribution in [3.8, 4) is 0 Å². The fraction of sp³-hybridized carbons (Fsp3) is 0.462. The summed E-state index contributed by atoms with van der Waals surface area (Å²) in [5.41, 5.74) is 5.93. The van der Waals surface area contributed by atoms with Crippen LogP contribution in [0.4, 0.5) is 15.8 Å². The van der Waals surface area contributed by atoms with E-state index < -0.39 is 17.3 Å². The van der Waals surface area contributed by atoms with Crippen LogP contribution in [-0.4, -0.2) is 30.3 Å². The Hall–Kier alpha value is -1.82. The molecule has 1 saturated heterocycles. The number of carboxylic acid groups (broad SMARTS) is 1. The summed E-state index contributed by atoms with van der Waals surface area (Å²) in [4.78, 5) is 10.7. The summed E-state index contributed by atoms with van der Waals surface area (Å²) in [6, 6.07) is 2.25. The van der Waals surface area contributed by atoms with E-state index in [1.807, 2.05) is 0 Å². The fourth-order valence-electron chi connectivity index (χ4n) is 2.15. The van der Waals surface area contributed by atoms with E-state index in [-0.39, 0.29) is 11.8 Å². The van der Waals surface area contributed by atoms with E-state index in [2.05, 4.69) is 5.32 Å². The lowest BCUT2D eigenvalue weighted by Gasteiger charge is -2.13. The van der Waals surface area contributed by atoms with Crippen LogP contribution in [-0.2, 0) is 4.74 Å². The number of rotatable bonds is 5. The van der Waals surface area contributed by atoms with Gasteiger partial charge in [0.05, 0.1) is 23.0 Å². The quantitative estimate of drug-likeness (QED) is 0.712. The number of halogens is 1. The van der Waals surface area contributed by atoms with Crippen molar-refractivity contribution in [2.45, 2.75) is 25.4 Å². The van der Waals surface area contributed by atoms with Crippen LogP contribution in [0.5, 0.6) is 0 Å². The molecule has 1 aromatic carbocycles. The molecule has 5 nitrogen and oxygen atoms in total. The Morgan fingerprint density at radius 3 is 3.00 bits per heavy atom. The van der Waals surface area contributed by atoms with E-state index in [1.165, 1.54) is 0 Å². The van der Waals surface area contributed by atoms with E-state index >= 15 is 0 Å². The second-order valence-corrected chi connectivity index (χ2v) is 4.57. The summed E-state index contributed by atoms with van der Waals surface area (Å²) in [5.74, 6) is -2.11. The molecule has 1 aromatic rings. The van der Waals surface area contributed by atoms with Crippen molar-refractivity contribution in [1.29, 1.82) is 0 Å². The number of nitrogens with one attached hydrogen (secondary N) is 1. The van der Waals surface area contributed by atoms with Crippen molar-refractivity contribution in [1.82, 2.24) is 0 Å². The number of hydrogen-bond donors (Lipinski definition) is 3. The minimum atomic E-state index is -1.32. The number of aromatic carboxylic acids is 1. The average Bonchev–Trinajstić information content (AvgIpc) is 2.85. The molecule has 2 rings (SSSR count). The van der Waals surface area contributed by atoms with Crippen molar-refractivity contribution in [2.75, 3.05) is 24.2 Å². The summed E-state index contributed by atoms with van der Waals surface area (Å²) in [6.07, 6.45) is 3.19. The Morgan fingerprint density at radius 2 is 2.37 bits per heavy atom. The minimum absolute atomic E-state index is 0.228. The largest absolute Gasteiger partial charge is 0.478 e. The Morgan fingerprint density at radius 1 is 1.58 bits per heavy atom. The molecule has 1 aliphatic heterocycles. The third kappa shape index (κ3) is 3.35.